The predicted octanol–water partition coefficient (Wildman–Crippen LogP) is 0.101. The van der Waals surface area contributed by atoms with Crippen molar-refractivity contribution in [1.82, 2.24) is 0 Å². The van der Waals surface area contributed by atoms with E-state index in [4.69, 9.17) is 5.11 Å². The second kappa shape index (κ2) is 5.14. The van der Waals surface area contributed by atoms with Gasteiger partial charge in [0.1, 0.15) is 0 Å². The predicted molar refractivity (Wildman–Crippen MR) is 58.8 cm³/mol. The molecule has 1 aromatic carbocycles. The van der Waals surface area contributed by atoms with Gasteiger partial charge < -0.3 is 0 Å². The van der Waals surface area contributed by atoms with Crippen LogP contribution in [0.2, 0.25) is 0 Å². The quantitative estimate of drug-likeness (QED) is 0.462. The molecule has 0 atom stereocenters. The van der Waals surface area contributed by atoms with E-state index < -0.39 is 4.92 Å². The molecule has 0 aromatic heterocycles. The number of aliphatic hydroxyl groups excluding tert-OH is 1. The van der Waals surface area contributed by atoms with Gasteiger partial charge in [-0.15, -0.1) is 0 Å². The van der Waals surface area contributed by atoms with Crippen LogP contribution in [0.15, 0.2) is 12.1 Å². The average molecular weight is 270 g/mol. The first-order valence-electron chi connectivity index (χ1n) is 4.39. The number of anilines is 1. The molecule has 5 nitrogen and oxygen atoms in total. The molecule has 0 amide bonds. The standard InChI is InChI=1S/C9H11AsN2O3/c1-6-4-7(10)9(12(14)15)5-8(6)11-2-3-13/h4-5,11,13H,2-3H2,1H3. The van der Waals surface area contributed by atoms with E-state index in [-0.39, 0.29) is 12.3 Å². The van der Waals surface area contributed by atoms with E-state index in [0.717, 1.165) is 5.56 Å². The summed E-state index contributed by atoms with van der Waals surface area (Å²) in [5.74, 6) is 0. The zero-order chi connectivity index (χ0) is 11.4. The summed E-state index contributed by atoms with van der Waals surface area (Å²) >= 11 is 2.18. The summed E-state index contributed by atoms with van der Waals surface area (Å²) in [6.07, 6.45) is 0. The molecule has 0 bridgehead atoms. The fraction of sp³-hybridized carbons (Fsp3) is 0.333. The molecule has 1 aromatic rings. The van der Waals surface area contributed by atoms with Crippen molar-refractivity contribution in [2.45, 2.75) is 6.92 Å². The number of aliphatic hydroxyl groups is 1. The fourth-order valence-corrected chi connectivity index (χ4v) is 1.92. The molecule has 0 aliphatic rings. The van der Waals surface area contributed by atoms with E-state index in [1.165, 1.54) is 6.07 Å². The molecule has 0 saturated heterocycles. The normalized spacial score (nSPS) is 10.1. The van der Waals surface area contributed by atoms with Crippen LogP contribution in [0.25, 0.3) is 0 Å². The van der Waals surface area contributed by atoms with Crippen LogP contribution in [0.5, 0.6) is 0 Å². The molecule has 2 radical (unpaired) electrons. The van der Waals surface area contributed by atoms with Gasteiger partial charge in [0.2, 0.25) is 0 Å². The molecule has 0 spiro atoms. The number of nitro benzene ring substituents is 1. The Morgan fingerprint density at radius 1 is 1.60 bits per heavy atom. The average Bonchev–Trinajstić information content (AvgIpc) is 2.16. The van der Waals surface area contributed by atoms with Crippen molar-refractivity contribution in [3.8, 4) is 0 Å². The summed E-state index contributed by atoms with van der Waals surface area (Å²) in [6, 6.07) is 3.22. The molecule has 1 rings (SSSR count). The van der Waals surface area contributed by atoms with Crippen LogP contribution < -0.4 is 9.67 Å². The minimum absolute atomic E-state index is 0.00280. The van der Waals surface area contributed by atoms with E-state index in [0.29, 0.717) is 16.6 Å². The molecule has 0 saturated carbocycles. The van der Waals surface area contributed by atoms with Gasteiger partial charge >= 0.3 is 95.8 Å². The molecule has 0 heterocycles. The summed E-state index contributed by atoms with van der Waals surface area (Å²) in [5, 5.41) is 22.3. The van der Waals surface area contributed by atoms with Gasteiger partial charge in [-0.25, -0.2) is 0 Å². The van der Waals surface area contributed by atoms with Crippen LogP contribution in [0.1, 0.15) is 5.56 Å². The van der Waals surface area contributed by atoms with Crippen molar-refractivity contribution >= 4 is 32.6 Å². The Kier molecular flexibility index (Phi) is 4.12. The maximum atomic E-state index is 10.7. The molecule has 15 heavy (non-hydrogen) atoms. The van der Waals surface area contributed by atoms with Crippen molar-refractivity contribution in [3.05, 3.63) is 27.8 Å². The zero-order valence-corrected chi connectivity index (χ0v) is 10.1. The number of aryl methyl sites for hydroxylation is 1. The van der Waals surface area contributed by atoms with E-state index in [1.54, 1.807) is 6.07 Å². The number of nitrogens with one attached hydrogen (secondary N) is 1. The summed E-state index contributed by atoms with van der Waals surface area (Å²) in [5.41, 5.74) is 1.68. The van der Waals surface area contributed by atoms with Gasteiger partial charge in [0.05, 0.1) is 0 Å². The van der Waals surface area contributed by atoms with Gasteiger partial charge in [0, 0.05) is 0 Å². The third-order valence-corrected chi connectivity index (χ3v) is 2.70. The summed E-state index contributed by atoms with van der Waals surface area (Å²) in [6.45, 7) is 2.24. The number of hydrogen-bond donors (Lipinski definition) is 2. The van der Waals surface area contributed by atoms with Crippen molar-refractivity contribution < 1.29 is 10.0 Å². The maximum absolute atomic E-state index is 10.7. The first kappa shape index (κ1) is 12.0. The van der Waals surface area contributed by atoms with Crippen molar-refractivity contribution in [3.63, 3.8) is 0 Å². The third kappa shape index (κ3) is 2.94. The Morgan fingerprint density at radius 3 is 2.80 bits per heavy atom. The van der Waals surface area contributed by atoms with E-state index in [2.05, 4.69) is 22.2 Å². The minimum atomic E-state index is -0.419. The Bertz CT molecular complexity index is 382. The van der Waals surface area contributed by atoms with E-state index >= 15 is 0 Å². The van der Waals surface area contributed by atoms with Crippen LogP contribution in [0.3, 0.4) is 0 Å². The van der Waals surface area contributed by atoms with Gasteiger partial charge in [-0.3, -0.25) is 0 Å². The Hall–Kier alpha value is -1.06. The number of rotatable bonds is 4. The SMILES string of the molecule is Cc1cc([As])c([N+](=O)[O-])cc1NCCO. The van der Waals surface area contributed by atoms with E-state index in [9.17, 15) is 10.1 Å². The van der Waals surface area contributed by atoms with Gasteiger partial charge in [-0.2, -0.15) is 0 Å². The van der Waals surface area contributed by atoms with Gasteiger partial charge in [0.15, 0.2) is 0 Å². The third-order valence-electron chi connectivity index (χ3n) is 1.95. The number of benzene rings is 1. The molecule has 0 unspecified atom stereocenters. The zero-order valence-electron chi connectivity index (χ0n) is 8.23. The second-order valence-corrected chi connectivity index (χ2v) is 4.07. The molecule has 0 aliphatic heterocycles. The van der Waals surface area contributed by atoms with Crippen molar-refractivity contribution in [1.29, 1.82) is 0 Å². The summed E-state index contributed by atoms with van der Waals surface area (Å²) in [4.78, 5) is 10.3. The monoisotopic (exact) mass is 270 g/mol. The molecular formula is C9H11AsN2O3. The molecule has 6 heteroatoms. The molecule has 0 fully saturated rings. The summed E-state index contributed by atoms with van der Waals surface area (Å²) in [7, 11) is 0. The van der Waals surface area contributed by atoms with Gasteiger partial charge in [0.25, 0.3) is 0 Å². The van der Waals surface area contributed by atoms with Crippen LogP contribution in [0.4, 0.5) is 11.4 Å². The Balaban J connectivity index is 3.06. The number of hydrogen-bond acceptors (Lipinski definition) is 4. The van der Waals surface area contributed by atoms with Crippen LogP contribution in [-0.4, -0.2) is 40.0 Å². The topological polar surface area (TPSA) is 75.4 Å². The van der Waals surface area contributed by atoms with Crippen LogP contribution >= 0.6 is 0 Å². The van der Waals surface area contributed by atoms with E-state index in [1.807, 2.05) is 6.92 Å². The summed E-state index contributed by atoms with van der Waals surface area (Å²) < 4.78 is 0.583. The number of nitrogens with zero attached hydrogens (tertiary/aromatic N) is 1. The van der Waals surface area contributed by atoms with Crippen LogP contribution in [-0.2, 0) is 0 Å². The second-order valence-electron chi connectivity index (χ2n) is 3.06. The van der Waals surface area contributed by atoms with Crippen LogP contribution in [0, 0.1) is 17.0 Å². The fourth-order valence-electron chi connectivity index (χ4n) is 1.21. The van der Waals surface area contributed by atoms with Crippen molar-refractivity contribution in [2.24, 2.45) is 0 Å². The first-order valence-corrected chi connectivity index (χ1v) is 5.33. The molecule has 2 N–H and O–H groups in total. The van der Waals surface area contributed by atoms with Gasteiger partial charge in [-0.1, -0.05) is 0 Å². The molecule has 80 valence electrons. The Labute approximate surface area is 96.1 Å². The van der Waals surface area contributed by atoms with Gasteiger partial charge in [-0.05, 0) is 0 Å². The van der Waals surface area contributed by atoms with Crippen molar-refractivity contribution in [2.75, 3.05) is 18.5 Å². The molecule has 0 aliphatic carbocycles. The number of nitro groups is 1. The Morgan fingerprint density at radius 2 is 2.27 bits per heavy atom. The molecular weight excluding hydrogens is 259 g/mol. The first-order chi connectivity index (χ1) is 7.06.